The van der Waals surface area contributed by atoms with Crippen molar-refractivity contribution in [2.75, 3.05) is 19.8 Å². The fourth-order valence-corrected chi connectivity index (χ4v) is 3.79. The van der Waals surface area contributed by atoms with Gasteiger partial charge in [-0.3, -0.25) is 4.79 Å². The van der Waals surface area contributed by atoms with Gasteiger partial charge >= 0.3 is 0 Å². The van der Waals surface area contributed by atoms with Crippen molar-refractivity contribution in [3.05, 3.63) is 23.8 Å². The lowest BCUT2D eigenvalue weighted by atomic mass is 10.0. The highest BCUT2D eigenvalue weighted by Crippen LogP contribution is 2.38. The molecule has 5 heteroatoms. The van der Waals surface area contributed by atoms with Crippen molar-refractivity contribution in [3.8, 4) is 11.5 Å². The quantitative estimate of drug-likeness (QED) is 0.820. The Bertz CT molecular complexity index is 622. The van der Waals surface area contributed by atoms with Gasteiger partial charge in [0.05, 0.1) is 31.8 Å². The van der Waals surface area contributed by atoms with Gasteiger partial charge in [-0.2, -0.15) is 0 Å². The Balaban J connectivity index is 1.51. The largest absolute Gasteiger partial charge is 0.490 e. The van der Waals surface area contributed by atoms with Crippen LogP contribution in [0.2, 0.25) is 0 Å². The van der Waals surface area contributed by atoms with E-state index in [1.54, 1.807) is 0 Å². The SMILES string of the molecule is C[C@H](c1ccc2c(c1)OCCCO2)N(C(=O)C[C@@H]1CCCO1)C1CC1. The summed E-state index contributed by atoms with van der Waals surface area (Å²) in [6.07, 6.45) is 5.78. The van der Waals surface area contributed by atoms with Crippen LogP contribution in [0.5, 0.6) is 11.5 Å². The summed E-state index contributed by atoms with van der Waals surface area (Å²) < 4.78 is 17.2. The molecule has 1 aliphatic carbocycles. The zero-order valence-electron chi connectivity index (χ0n) is 14.9. The lowest BCUT2D eigenvalue weighted by Gasteiger charge is -2.31. The third kappa shape index (κ3) is 3.76. The molecule has 3 aliphatic rings. The molecule has 2 fully saturated rings. The van der Waals surface area contributed by atoms with Gasteiger partial charge in [-0.05, 0) is 50.3 Å². The van der Waals surface area contributed by atoms with Crippen LogP contribution in [0.3, 0.4) is 0 Å². The van der Waals surface area contributed by atoms with Gasteiger partial charge in [0.25, 0.3) is 0 Å². The fourth-order valence-electron chi connectivity index (χ4n) is 3.79. The first-order chi connectivity index (χ1) is 12.2. The van der Waals surface area contributed by atoms with Gasteiger partial charge in [0.2, 0.25) is 5.91 Å². The van der Waals surface area contributed by atoms with Crippen molar-refractivity contribution in [2.45, 2.75) is 63.6 Å². The van der Waals surface area contributed by atoms with E-state index in [0.717, 1.165) is 55.8 Å². The molecule has 2 atom stereocenters. The number of ether oxygens (including phenoxy) is 3. The summed E-state index contributed by atoms with van der Waals surface area (Å²) in [4.78, 5) is 15.0. The number of amides is 1. The summed E-state index contributed by atoms with van der Waals surface area (Å²) in [5.74, 6) is 1.82. The molecule has 0 N–H and O–H groups in total. The average molecular weight is 345 g/mol. The number of hydrogen-bond acceptors (Lipinski definition) is 4. The summed E-state index contributed by atoms with van der Waals surface area (Å²) in [7, 11) is 0. The second kappa shape index (κ2) is 7.24. The molecule has 0 unspecified atom stereocenters. The van der Waals surface area contributed by atoms with E-state index in [1.807, 2.05) is 12.1 Å². The van der Waals surface area contributed by atoms with E-state index in [0.29, 0.717) is 25.7 Å². The number of nitrogens with zero attached hydrogens (tertiary/aromatic N) is 1. The average Bonchev–Trinajstić information content (AvgIpc) is 3.36. The molecule has 1 amide bonds. The van der Waals surface area contributed by atoms with E-state index in [1.165, 1.54) is 0 Å². The predicted octanol–water partition coefficient (Wildman–Crippen LogP) is 3.47. The fraction of sp³-hybridized carbons (Fsp3) is 0.650. The van der Waals surface area contributed by atoms with Crippen molar-refractivity contribution in [1.29, 1.82) is 0 Å². The topological polar surface area (TPSA) is 48.0 Å². The maximum Gasteiger partial charge on any atom is 0.225 e. The molecular formula is C20H27NO4. The Morgan fingerprint density at radius 3 is 2.64 bits per heavy atom. The van der Waals surface area contributed by atoms with E-state index >= 15 is 0 Å². The molecule has 0 radical (unpaired) electrons. The van der Waals surface area contributed by atoms with Crippen LogP contribution in [-0.2, 0) is 9.53 Å². The molecule has 1 aromatic carbocycles. The van der Waals surface area contributed by atoms with Crippen molar-refractivity contribution < 1.29 is 19.0 Å². The Kier molecular flexibility index (Phi) is 4.84. The minimum absolute atomic E-state index is 0.0403. The van der Waals surface area contributed by atoms with E-state index in [4.69, 9.17) is 14.2 Å². The van der Waals surface area contributed by atoms with E-state index in [-0.39, 0.29) is 18.1 Å². The third-order valence-electron chi connectivity index (χ3n) is 5.33. The second-order valence-corrected chi connectivity index (χ2v) is 7.30. The smallest absolute Gasteiger partial charge is 0.225 e. The Morgan fingerprint density at radius 1 is 1.12 bits per heavy atom. The number of rotatable bonds is 5. The Morgan fingerprint density at radius 2 is 1.92 bits per heavy atom. The van der Waals surface area contributed by atoms with Crippen LogP contribution in [-0.4, -0.2) is 42.8 Å². The summed E-state index contributed by atoms with van der Waals surface area (Å²) in [5.41, 5.74) is 1.11. The molecule has 0 bridgehead atoms. The molecule has 1 saturated heterocycles. The van der Waals surface area contributed by atoms with E-state index in [2.05, 4.69) is 17.9 Å². The molecule has 2 aliphatic heterocycles. The molecule has 1 saturated carbocycles. The lowest BCUT2D eigenvalue weighted by molar-refractivity contribution is -0.136. The van der Waals surface area contributed by atoms with E-state index < -0.39 is 0 Å². The lowest BCUT2D eigenvalue weighted by Crippen LogP contribution is -2.37. The first-order valence-electron chi connectivity index (χ1n) is 9.54. The number of benzene rings is 1. The highest BCUT2D eigenvalue weighted by molar-refractivity contribution is 5.78. The Hall–Kier alpha value is -1.75. The molecular weight excluding hydrogens is 318 g/mol. The van der Waals surface area contributed by atoms with Gasteiger partial charge in [0, 0.05) is 19.1 Å². The normalized spacial score (nSPS) is 23.8. The van der Waals surface area contributed by atoms with Crippen LogP contribution in [0.25, 0.3) is 0 Å². The number of hydrogen-bond donors (Lipinski definition) is 0. The standard InChI is InChI=1S/C20H27NO4/c1-14(15-5-8-18-19(12-15)25-11-3-10-24-18)21(16-6-7-16)20(22)13-17-4-2-9-23-17/h5,8,12,14,16-17H,2-4,6-7,9-11,13H2,1H3/t14-,17+/m1/s1. The maximum atomic E-state index is 12.9. The summed E-state index contributed by atoms with van der Waals surface area (Å²) in [5, 5.41) is 0. The first-order valence-corrected chi connectivity index (χ1v) is 9.54. The van der Waals surface area contributed by atoms with Gasteiger partial charge in [-0.25, -0.2) is 0 Å². The van der Waals surface area contributed by atoms with E-state index in [9.17, 15) is 4.79 Å². The number of fused-ring (bicyclic) bond motifs is 1. The second-order valence-electron chi connectivity index (χ2n) is 7.30. The molecule has 136 valence electrons. The molecule has 0 spiro atoms. The third-order valence-corrected chi connectivity index (χ3v) is 5.33. The van der Waals surface area contributed by atoms with Gasteiger partial charge in [-0.15, -0.1) is 0 Å². The van der Waals surface area contributed by atoms with Crippen molar-refractivity contribution in [3.63, 3.8) is 0 Å². The van der Waals surface area contributed by atoms with Crippen LogP contribution in [0.4, 0.5) is 0 Å². The van der Waals surface area contributed by atoms with Crippen LogP contribution in [0, 0.1) is 0 Å². The summed E-state index contributed by atoms with van der Waals surface area (Å²) in [6, 6.07) is 6.49. The highest BCUT2D eigenvalue weighted by Gasteiger charge is 2.37. The minimum atomic E-state index is 0.0403. The number of carbonyl (C=O) groups is 1. The zero-order chi connectivity index (χ0) is 17.2. The molecule has 25 heavy (non-hydrogen) atoms. The van der Waals surface area contributed by atoms with Gasteiger partial charge in [0.1, 0.15) is 0 Å². The molecule has 2 heterocycles. The van der Waals surface area contributed by atoms with Crippen LogP contribution >= 0.6 is 0 Å². The Labute approximate surface area is 149 Å². The van der Waals surface area contributed by atoms with Crippen molar-refractivity contribution in [1.82, 2.24) is 4.90 Å². The molecule has 0 aromatic heterocycles. The van der Waals surface area contributed by atoms with Crippen LogP contribution in [0.1, 0.15) is 57.1 Å². The minimum Gasteiger partial charge on any atom is -0.490 e. The molecule has 5 nitrogen and oxygen atoms in total. The predicted molar refractivity (Wildman–Crippen MR) is 93.9 cm³/mol. The summed E-state index contributed by atoms with van der Waals surface area (Å²) in [6.45, 7) is 4.27. The van der Waals surface area contributed by atoms with Gasteiger partial charge in [-0.1, -0.05) is 6.07 Å². The monoisotopic (exact) mass is 345 g/mol. The van der Waals surface area contributed by atoms with Crippen molar-refractivity contribution >= 4 is 5.91 Å². The highest BCUT2D eigenvalue weighted by atomic mass is 16.5. The molecule has 1 aromatic rings. The zero-order valence-corrected chi connectivity index (χ0v) is 14.9. The van der Waals surface area contributed by atoms with Gasteiger partial charge < -0.3 is 19.1 Å². The number of carbonyl (C=O) groups excluding carboxylic acids is 1. The van der Waals surface area contributed by atoms with Crippen LogP contribution < -0.4 is 9.47 Å². The summed E-state index contributed by atoms with van der Waals surface area (Å²) >= 11 is 0. The van der Waals surface area contributed by atoms with Gasteiger partial charge in [0.15, 0.2) is 11.5 Å². The van der Waals surface area contributed by atoms with Crippen LogP contribution in [0.15, 0.2) is 18.2 Å². The van der Waals surface area contributed by atoms with Crippen molar-refractivity contribution in [2.24, 2.45) is 0 Å². The molecule has 4 rings (SSSR count). The first kappa shape index (κ1) is 16.7. The maximum absolute atomic E-state index is 12.9.